The summed E-state index contributed by atoms with van der Waals surface area (Å²) in [6.07, 6.45) is 0. The highest BCUT2D eigenvalue weighted by Crippen LogP contribution is 2.15. The maximum atomic E-state index is 5.46. The minimum absolute atomic E-state index is 0.793. The largest absolute Gasteiger partial charge is 0.323 e. The van der Waals surface area contributed by atoms with Crippen molar-refractivity contribution in [1.82, 2.24) is 0 Å². The standard InChI is InChI=1S/C13H11BrN2/c14-12-8-4-7-11(9-12)13(16-15)10-5-2-1-3-6-10/h1-9H,15H2/b16-13+. The highest BCUT2D eigenvalue weighted by atomic mass is 79.9. The van der Waals surface area contributed by atoms with Gasteiger partial charge in [-0.3, -0.25) is 0 Å². The number of benzene rings is 2. The third-order valence-corrected chi connectivity index (χ3v) is 2.77. The molecule has 16 heavy (non-hydrogen) atoms. The number of nitrogens with two attached hydrogens (primary N) is 1. The van der Waals surface area contributed by atoms with Crippen LogP contribution in [0.4, 0.5) is 0 Å². The van der Waals surface area contributed by atoms with Crippen LogP contribution in [-0.2, 0) is 0 Å². The summed E-state index contributed by atoms with van der Waals surface area (Å²) < 4.78 is 1.02. The van der Waals surface area contributed by atoms with Crippen LogP contribution in [0.15, 0.2) is 64.2 Å². The molecule has 0 saturated carbocycles. The van der Waals surface area contributed by atoms with Crippen molar-refractivity contribution >= 4 is 21.6 Å². The topological polar surface area (TPSA) is 38.4 Å². The summed E-state index contributed by atoms with van der Waals surface area (Å²) in [7, 11) is 0. The van der Waals surface area contributed by atoms with Gasteiger partial charge < -0.3 is 5.84 Å². The summed E-state index contributed by atoms with van der Waals surface area (Å²) in [5.74, 6) is 5.46. The van der Waals surface area contributed by atoms with E-state index in [0.717, 1.165) is 21.3 Å². The number of hydrogen-bond acceptors (Lipinski definition) is 2. The molecule has 0 bridgehead atoms. The van der Waals surface area contributed by atoms with Crippen molar-refractivity contribution in [3.05, 3.63) is 70.2 Å². The van der Waals surface area contributed by atoms with Gasteiger partial charge in [0.05, 0.1) is 5.71 Å². The summed E-state index contributed by atoms with van der Waals surface area (Å²) in [5, 5.41) is 3.87. The van der Waals surface area contributed by atoms with Crippen molar-refractivity contribution in [2.24, 2.45) is 10.9 Å². The predicted octanol–water partition coefficient (Wildman–Crippen LogP) is 3.16. The Balaban J connectivity index is 2.46. The summed E-state index contributed by atoms with van der Waals surface area (Å²) in [5.41, 5.74) is 2.81. The molecular formula is C13H11BrN2. The number of hydrazone groups is 1. The van der Waals surface area contributed by atoms with Gasteiger partial charge in [0, 0.05) is 15.6 Å². The van der Waals surface area contributed by atoms with Crippen LogP contribution in [0.1, 0.15) is 11.1 Å². The molecule has 0 amide bonds. The van der Waals surface area contributed by atoms with E-state index >= 15 is 0 Å². The molecule has 0 aliphatic rings. The lowest BCUT2D eigenvalue weighted by Gasteiger charge is -2.05. The van der Waals surface area contributed by atoms with Crippen molar-refractivity contribution in [1.29, 1.82) is 0 Å². The monoisotopic (exact) mass is 274 g/mol. The van der Waals surface area contributed by atoms with Crippen molar-refractivity contribution in [2.45, 2.75) is 0 Å². The number of rotatable bonds is 2. The minimum atomic E-state index is 0.793. The van der Waals surface area contributed by atoms with Crippen LogP contribution >= 0.6 is 15.9 Å². The number of nitrogens with zero attached hydrogens (tertiary/aromatic N) is 1. The average Bonchev–Trinajstić information content (AvgIpc) is 2.31. The summed E-state index contributed by atoms with van der Waals surface area (Å²) in [6, 6.07) is 17.8. The SMILES string of the molecule is N/N=C(\c1ccccc1)c1cccc(Br)c1. The second kappa shape index (κ2) is 4.94. The maximum absolute atomic E-state index is 5.46. The fraction of sp³-hybridized carbons (Fsp3) is 0. The molecule has 0 fully saturated rings. The van der Waals surface area contributed by atoms with Crippen LogP contribution in [0.3, 0.4) is 0 Å². The molecule has 2 rings (SSSR count). The minimum Gasteiger partial charge on any atom is -0.323 e. The van der Waals surface area contributed by atoms with Gasteiger partial charge in [0.25, 0.3) is 0 Å². The Labute approximate surface area is 103 Å². The summed E-state index contributed by atoms with van der Waals surface area (Å²) in [6.45, 7) is 0. The molecule has 3 heteroatoms. The molecule has 0 aliphatic heterocycles. The maximum Gasteiger partial charge on any atom is 0.0971 e. The van der Waals surface area contributed by atoms with Gasteiger partial charge in [0.1, 0.15) is 0 Å². The molecule has 80 valence electrons. The van der Waals surface area contributed by atoms with Gasteiger partial charge in [0.2, 0.25) is 0 Å². The highest BCUT2D eigenvalue weighted by molar-refractivity contribution is 9.10. The van der Waals surface area contributed by atoms with Crippen LogP contribution in [0.2, 0.25) is 0 Å². The zero-order valence-electron chi connectivity index (χ0n) is 8.60. The zero-order valence-corrected chi connectivity index (χ0v) is 10.2. The first-order chi connectivity index (χ1) is 7.81. The van der Waals surface area contributed by atoms with E-state index in [-0.39, 0.29) is 0 Å². The van der Waals surface area contributed by atoms with E-state index in [1.807, 2.05) is 54.6 Å². The molecular weight excluding hydrogens is 264 g/mol. The molecule has 0 saturated heterocycles. The first-order valence-corrected chi connectivity index (χ1v) is 5.70. The fourth-order valence-electron chi connectivity index (χ4n) is 1.55. The van der Waals surface area contributed by atoms with Gasteiger partial charge in [-0.25, -0.2) is 0 Å². The number of hydrogen-bond donors (Lipinski definition) is 1. The Morgan fingerprint density at radius 2 is 1.62 bits per heavy atom. The van der Waals surface area contributed by atoms with E-state index in [2.05, 4.69) is 21.0 Å². The first-order valence-electron chi connectivity index (χ1n) is 4.90. The van der Waals surface area contributed by atoms with E-state index in [1.54, 1.807) is 0 Å². The lowest BCUT2D eigenvalue weighted by molar-refractivity contribution is 1.24. The van der Waals surface area contributed by atoms with Crippen LogP contribution in [0.25, 0.3) is 0 Å². The molecule has 0 aliphatic carbocycles. The van der Waals surface area contributed by atoms with E-state index in [0.29, 0.717) is 0 Å². The van der Waals surface area contributed by atoms with Gasteiger partial charge in [0.15, 0.2) is 0 Å². The van der Waals surface area contributed by atoms with E-state index in [9.17, 15) is 0 Å². The van der Waals surface area contributed by atoms with Crippen LogP contribution in [0.5, 0.6) is 0 Å². The van der Waals surface area contributed by atoms with E-state index < -0.39 is 0 Å². The Morgan fingerprint density at radius 1 is 0.938 bits per heavy atom. The van der Waals surface area contributed by atoms with Crippen molar-refractivity contribution < 1.29 is 0 Å². The molecule has 0 aromatic heterocycles. The summed E-state index contributed by atoms with van der Waals surface area (Å²) in [4.78, 5) is 0. The van der Waals surface area contributed by atoms with Crippen LogP contribution in [-0.4, -0.2) is 5.71 Å². The molecule has 2 N–H and O–H groups in total. The lowest BCUT2D eigenvalue weighted by atomic mass is 10.0. The van der Waals surface area contributed by atoms with E-state index in [4.69, 9.17) is 5.84 Å². The molecule has 0 spiro atoms. The first kappa shape index (κ1) is 10.9. The quantitative estimate of drug-likeness (QED) is 0.510. The van der Waals surface area contributed by atoms with Crippen LogP contribution < -0.4 is 5.84 Å². The molecule has 0 heterocycles. The average molecular weight is 275 g/mol. The van der Waals surface area contributed by atoms with Gasteiger partial charge in [-0.05, 0) is 12.1 Å². The third-order valence-electron chi connectivity index (χ3n) is 2.27. The zero-order chi connectivity index (χ0) is 11.4. The highest BCUT2D eigenvalue weighted by Gasteiger charge is 2.06. The smallest absolute Gasteiger partial charge is 0.0971 e. The molecule has 0 radical (unpaired) electrons. The molecule has 2 aromatic carbocycles. The predicted molar refractivity (Wildman–Crippen MR) is 70.4 cm³/mol. The third kappa shape index (κ3) is 2.31. The van der Waals surface area contributed by atoms with Crippen molar-refractivity contribution in [2.75, 3.05) is 0 Å². The van der Waals surface area contributed by atoms with Gasteiger partial charge in [-0.1, -0.05) is 58.4 Å². The van der Waals surface area contributed by atoms with Gasteiger partial charge in [-0.2, -0.15) is 5.10 Å². The molecule has 2 nitrogen and oxygen atoms in total. The Bertz CT molecular complexity index is 506. The Hall–Kier alpha value is -1.61. The summed E-state index contributed by atoms with van der Waals surface area (Å²) >= 11 is 3.44. The number of halogens is 1. The second-order valence-electron chi connectivity index (χ2n) is 3.35. The van der Waals surface area contributed by atoms with Crippen molar-refractivity contribution in [3.63, 3.8) is 0 Å². The molecule has 0 atom stereocenters. The molecule has 0 unspecified atom stereocenters. The Kier molecular flexibility index (Phi) is 3.37. The van der Waals surface area contributed by atoms with Gasteiger partial charge in [-0.15, -0.1) is 0 Å². The van der Waals surface area contributed by atoms with Gasteiger partial charge >= 0.3 is 0 Å². The Morgan fingerprint density at radius 3 is 2.25 bits per heavy atom. The van der Waals surface area contributed by atoms with Crippen molar-refractivity contribution in [3.8, 4) is 0 Å². The normalized spacial score (nSPS) is 11.4. The molecule has 2 aromatic rings. The van der Waals surface area contributed by atoms with Crippen LogP contribution in [0, 0.1) is 0 Å². The lowest BCUT2D eigenvalue weighted by Crippen LogP contribution is -2.06. The van der Waals surface area contributed by atoms with E-state index in [1.165, 1.54) is 0 Å². The second-order valence-corrected chi connectivity index (χ2v) is 4.27. The fourth-order valence-corrected chi connectivity index (χ4v) is 1.95.